The van der Waals surface area contributed by atoms with E-state index in [1.54, 1.807) is 12.1 Å². The van der Waals surface area contributed by atoms with Crippen molar-refractivity contribution in [3.8, 4) is 6.07 Å². The summed E-state index contributed by atoms with van der Waals surface area (Å²) in [5.41, 5.74) is 8.41. The number of anilines is 1. The summed E-state index contributed by atoms with van der Waals surface area (Å²) < 4.78 is 13.7. The second kappa shape index (κ2) is 5.98. The summed E-state index contributed by atoms with van der Waals surface area (Å²) in [7, 11) is 0. The van der Waals surface area contributed by atoms with Crippen molar-refractivity contribution in [2.75, 3.05) is 5.32 Å². The van der Waals surface area contributed by atoms with Crippen LogP contribution in [-0.2, 0) is 13.1 Å². The third-order valence-corrected chi connectivity index (χ3v) is 2.91. The van der Waals surface area contributed by atoms with E-state index in [2.05, 4.69) is 5.32 Å². The predicted octanol–water partition coefficient (Wildman–Crippen LogP) is 2.77. The highest BCUT2D eigenvalue weighted by Crippen LogP contribution is 2.17. The quantitative estimate of drug-likeness (QED) is 0.883. The number of hydrogen-bond acceptors (Lipinski definition) is 3. The highest BCUT2D eigenvalue weighted by atomic mass is 19.1. The van der Waals surface area contributed by atoms with E-state index in [0.717, 1.165) is 11.1 Å². The molecular weight excluding hydrogens is 241 g/mol. The maximum Gasteiger partial charge on any atom is 0.147 e. The summed E-state index contributed by atoms with van der Waals surface area (Å²) in [5, 5.41) is 11.7. The molecular formula is C15H14FN3. The van der Waals surface area contributed by atoms with Crippen LogP contribution in [0.1, 0.15) is 16.7 Å². The lowest BCUT2D eigenvalue weighted by atomic mass is 10.1. The maximum absolute atomic E-state index is 13.7. The second-order valence-corrected chi connectivity index (χ2v) is 4.13. The van der Waals surface area contributed by atoms with E-state index in [9.17, 15) is 4.39 Å². The van der Waals surface area contributed by atoms with Gasteiger partial charge in [0.05, 0.1) is 17.3 Å². The Morgan fingerprint density at radius 2 is 1.89 bits per heavy atom. The Morgan fingerprint density at radius 1 is 1.16 bits per heavy atom. The Labute approximate surface area is 111 Å². The van der Waals surface area contributed by atoms with Gasteiger partial charge in [0.1, 0.15) is 5.82 Å². The van der Waals surface area contributed by atoms with Crippen molar-refractivity contribution in [3.63, 3.8) is 0 Å². The molecule has 4 heteroatoms. The number of benzene rings is 2. The van der Waals surface area contributed by atoms with Crippen molar-refractivity contribution in [1.29, 1.82) is 5.26 Å². The van der Waals surface area contributed by atoms with Crippen LogP contribution in [0.5, 0.6) is 0 Å². The van der Waals surface area contributed by atoms with E-state index in [1.807, 2.05) is 30.3 Å². The SMILES string of the molecule is N#Cc1ccc(NCc2ccccc2CN)c(F)c1. The standard InChI is InChI=1S/C15H14FN3/c16-14-7-11(8-17)5-6-15(14)19-10-13-4-2-1-3-12(13)9-18/h1-7,19H,9-10,18H2. The van der Waals surface area contributed by atoms with Crippen LogP contribution < -0.4 is 11.1 Å². The first-order valence-corrected chi connectivity index (χ1v) is 5.95. The van der Waals surface area contributed by atoms with Gasteiger partial charge in [0.25, 0.3) is 0 Å². The molecule has 0 saturated carbocycles. The molecule has 0 heterocycles. The number of nitriles is 1. The van der Waals surface area contributed by atoms with E-state index < -0.39 is 5.82 Å². The van der Waals surface area contributed by atoms with Gasteiger partial charge >= 0.3 is 0 Å². The van der Waals surface area contributed by atoms with Gasteiger partial charge in [-0.3, -0.25) is 0 Å². The monoisotopic (exact) mass is 255 g/mol. The molecule has 2 aromatic carbocycles. The fraction of sp³-hybridized carbons (Fsp3) is 0.133. The van der Waals surface area contributed by atoms with E-state index >= 15 is 0 Å². The maximum atomic E-state index is 13.7. The van der Waals surface area contributed by atoms with Gasteiger partial charge in [0.2, 0.25) is 0 Å². The normalized spacial score (nSPS) is 9.95. The molecule has 0 fully saturated rings. The zero-order valence-corrected chi connectivity index (χ0v) is 10.4. The second-order valence-electron chi connectivity index (χ2n) is 4.13. The smallest absolute Gasteiger partial charge is 0.147 e. The van der Waals surface area contributed by atoms with Crippen molar-refractivity contribution in [2.45, 2.75) is 13.1 Å². The third kappa shape index (κ3) is 3.09. The average Bonchev–Trinajstić information content (AvgIpc) is 2.46. The van der Waals surface area contributed by atoms with Crippen LogP contribution >= 0.6 is 0 Å². The van der Waals surface area contributed by atoms with Gasteiger partial charge in [0, 0.05) is 13.1 Å². The van der Waals surface area contributed by atoms with Crippen LogP contribution in [0.2, 0.25) is 0 Å². The molecule has 3 nitrogen and oxygen atoms in total. The Bertz CT molecular complexity index is 617. The molecule has 0 atom stereocenters. The summed E-state index contributed by atoms with van der Waals surface area (Å²) in [6, 6.07) is 14.0. The van der Waals surface area contributed by atoms with Crippen LogP contribution in [0.15, 0.2) is 42.5 Å². The van der Waals surface area contributed by atoms with Gasteiger partial charge in [-0.15, -0.1) is 0 Å². The third-order valence-electron chi connectivity index (χ3n) is 2.91. The minimum absolute atomic E-state index is 0.311. The predicted molar refractivity (Wildman–Crippen MR) is 72.8 cm³/mol. The first-order valence-electron chi connectivity index (χ1n) is 5.95. The highest BCUT2D eigenvalue weighted by molar-refractivity contribution is 5.49. The zero-order valence-electron chi connectivity index (χ0n) is 10.4. The number of hydrogen-bond donors (Lipinski definition) is 2. The summed E-state index contributed by atoms with van der Waals surface area (Å²) >= 11 is 0. The van der Waals surface area contributed by atoms with Crippen molar-refractivity contribution in [3.05, 3.63) is 65.0 Å². The fourth-order valence-electron chi connectivity index (χ4n) is 1.85. The van der Waals surface area contributed by atoms with Crippen molar-refractivity contribution < 1.29 is 4.39 Å². The molecule has 3 N–H and O–H groups in total. The van der Waals surface area contributed by atoms with Gasteiger partial charge < -0.3 is 11.1 Å². The number of nitrogens with one attached hydrogen (secondary N) is 1. The molecule has 0 unspecified atom stereocenters. The lowest BCUT2D eigenvalue weighted by molar-refractivity contribution is 0.629. The molecule has 0 radical (unpaired) electrons. The minimum Gasteiger partial charge on any atom is -0.379 e. The number of halogens is 1. The number of rotatable bonds is 4. The Hall–Kier alpha value is -2.38. The molecule has 19 heavy (non-hydrogen) atoms. The summed E-state index contributed by atoms with van der Waals surface area (Å²) in [4.78, 5) is 0. The topological polar surface area (TPSA) is 61.8 Å². The molecule has 2 rings (SSSR count). The first kappa shape index (κ1) is 13.1. The first-order chi connectivity index (χ1) is 9.24. The van der Waals surface area contributed by atoms with Gasteiger partial charge in [-0.05, 0) is 29.3 Å². The van der Waals surface area contributed by atoms with Gasteiger partial charge in [-0.25, -0.2) is 4.39 Å². The largest absolute Gasteiger partial charge is 0.379 e. The minimum atomic E-state index is -0.427. The van der Waals surface area contributed by atoms with Crippen molar-refractivity contribution >= 4 is 5.69 Å². The number of nitrogens with two attached hydrogens (primary N) is 1. The molecule has 0 aliphatic carbocycles. The average molecular weight is 255 g/mol. The highest BCUT2D eigenvalue weighted by Gasteiger charge is 2.04. The van der Waals surface area contributed by atoms with E-state index in [1.165, 1.54) is 6.07 Å². The van der Waals surface area contributed by atoms with Crippen molar-refractivity contribution in [1.82, 2.24) is 0 Å². The lowest BCUT2D eigenvalue weighted by Crippen LogP contribution is -2.07. The number of nitrogens with zero attached hydrogens (tertiary/aromatic N) is 1. The van der Waals surface area contributed by atoms with Gasteiger partial charge in [-0.1, -0.05) is 24.3 Å². The lowest BCUT2D eigenvalue weighted by Gasteiger charge is -2.11. The van der Waals surface area contributed by atoms with E-state index in [4.69, 9.17) is 11.0 Å². The molecule has 0 spiro atoms. The van der Waals surface area contributed by atoms with Crippen LogP contribution in [0, 0.1) is 17.1 Å². The Morgan fingerprint density at radius 3 is 2.53 bits per heavy atom. The summed E-state index contributed by atoms with van der Waals surface area (Å²) in [6.07, 6.45) is 0. The molecule has 0 aromatic heterocycles. The summed E-state index contributed by atoms with van der Waals surface area (Å²) in [6.45, 7) is 0.948. The Balaban J connectivity index is 2.13. The van der Waals surface area contributed by atoms with E-state index in [0.29, 0.717) is 24.3 Å². The van der Waals surface area contributed by atoms with Crippen LogP contribution in [0.4, 0.5) is 10.1 Å². The van der Waals surface area contributed by atoms with Crippen LogP contribution in [0.25, 0.3) is 0 Å². The molecule has 0 aliphatic heterocycles. The molecule has 0 aliphatic rings. The zero-order chi connectivity index (χ0) is 13.7. The molecule has 0 bridgehead atoms. The van der Waals surface area contributed by atoms with Gasteiger partial charge in [-0.2, -0.15) is 5.26 Å². The molecule has 96 valence electrons. The van der Waals surface area contributed by atoms with Crippen molar-refractivity contribution in [2.24, 2.45) is 5.73 Å². The van der Waals surface area contributed by atoms with Gasteiger partial charge in [0.15, 0.2) is 0 Å². The Kier molecular flexibility index (Phi) is 4.11. The van der Waals surface area contributed by atoms with E-state index in [-0.39, 0.29) is 0 Å². The molecule has 0 amide bonds. The molecule has 0 saturated heterocycles. The molecule has 2 aromatic rings. The van der Waals surface area contributed by atoms with Crippen LogP contribution in [0.3, 0.4) is 0 Å². The van der Waals surface area contributed by atoms with Crippen LogP contribution in [-0.4, -0.2) is 0 Å². The fourth-order valence-corrected chi connectivity index (χ4v) is 1.85. The summed E-state index contributed by atoms with van der Waals surface area (Å²) in [5.74, 6) is -0.427.